The molecule has 1 aliphatic heterocycles. The van der Waals surface area contributed by atoms with E-state index in [0.717, 1.165) is 11.4 Å². The van der Waals surface area contributed by atoms with Gasteiger partial charge in [0.25, 0.3) is 0 Å². The fourth-order valence-electron chi connectivity index (χ4n) is 2.46. The molecule has 88 valence electrons. The number of rotatable bonds is 2. The molecule has 1 aromatic carbocycles. The first-order valence-corrected chi connectivity index (χ1v) is 6.53. The van der Waals surface area contributed by atoms with Gasteiger partial charge in [-0.2, -0.15) is 0 Å². The highest BCUT2D eigenvalue weighted by atomic mass is 35.5. The summed E-state index contributed by atoms with van der Waals surface area (Å²) in [6.45, 7) is 5.41. The van der Waals surface area contributed by atoms with Gasteiger partial charge in [-0.05, 0) is 62.4 Å². The van der Waals surface area contributed by atoms with Crippen molar-refractivity contribution in [1.82, 2.24) is 5.32 Å². The normalized spacial score (nSPS) is 21.1. The van der Waals surface area contributed by atoms with Crippen LogP contribution in [0.4, 0.5) is 0 Å². The van der Waals surface area contributed by atoms with Crippen molar-refractivity contribution in [2.75, 3.05) is 6.54 Å². The van der Waals surface area contributed by atoms with Crippen molar-refractivity contribution in [3.8, 4) is 0 Å². The summed E-state index contributed by atoms with van der Waals surface area (Å²) in [6.07, 6.45) is 5.10. The number of hydrogen-bond acceptors (Lipinski definition) is 1. The van der Waals surface area contributed by atoms with Gasteiger partial charge in [-0.25, -0.2) is 0 Å². The van der Waals surface area contributed by atoms with Gasteiger partial charge in [-0.3, -0.25) is 0 Å². The molecule has 0 amide bonds. The van der Waals surface area contributed by atoms with Crippen molar-refractivity contribution in [2.45, 2.75) is 45.6 Å². The van der Waals surface area contributed by atoms with Crippen LogP contribution in [0.25, 0.3) is 0 Å². The maximum absolute atomic E-state index is 6.22. The maximum Gasteiger partial charge on any atom is 0.0440 e. The summed E-state index contributed by atoms with van der Waals surface area (Å²) in [5.74, 6) is 0. The van der Waals surface area contributed by atoms with E-state index in [1.54, 1.807) is 0 Å². The largest absolute Gasteiger partial charge is 0.314 e. The molecule has 2 rings (SSSR count). The average Bonchev–Trinajstić information content (AvgIpc) is 2.27. The zero-order valence-electron chi connectivity index (χ0n) is 10.1. The van der Waals surface area contributed by atoms with E-state index in [2.05, 4.69) is 31.3 Å². The Kier molecular flexibility index (Phi) is 3.88. The average molecular weight is 238 g/mol. The van der Waals surface area contributed by atoms with Gasteiger partial charge in [0.2, 0.25) is 0 Å². The Morgan fingerprint density at radius 3 is 2.81 bits per heavy atom. The highest BCUT2D eigenvalue weighted by molar-refractivity contribution is 6.31. The third-order valence-corrected chi connectivity index (χ3v) is 3.87. The second kappa shape index (κ2) is 5.20. The lowest BCUT2D eigenvalue weighted by molar-refractivity contribution is 0.399. The van der Waals surface area contributed by atoms with Crippen molar-refractivity contribution >= 4 is 11.6 Å². The van der Waals surface area contributed by atoms with Crippen LogP contribution >= 0.6 is 11.6 Å². The fraction of sp³-hybridized carbons (Fsp3) is 0.571. The number of piperidine rings is 1. The number of halogens is 1. The molecule has 0 saturated carbocycles. The molecule has 0 aliphatic carbocycles. The lowest BCUT2D eigenvalue weighted by Crippen LogP contribution is -2.35. The van der Waals surface area contributed by atoms with E-state index in [9.17, 15) is 0 Å². The van der Waals surface area contributed by atoms with Crippen LogP contribution in [0.3, 0.4) is 0 Å². The van der Waals surface area contributed by atoms with Gasteiger partial charge in [0, 0.05) is 11.1 Å². The Bertz CT molecular complexity index is 367. The van der Waals surface area contributed by atoms with Crippen molar-refractivity contribution in [2.24, 2.45) is 0 Å². The standard InChI is InChI=1S/C14H20ClN/c1-10-7-12(11(2)14(15)8-10)9-13-5-3-4-6-16-13/h7-8,13,16H,3-6,9H2,1-2H3. The summed E-state index contributed by atoms with van der Waals surface area (Å²) in [7, 11) is 0. The molecule has 1 heterocycles. The Morgan fingerprint density at radius 1 is 1.31 bits per heavy atom. The molecule has 2 heteroatoms. The van der Waals surface area contributed by atoms with Crippen molar-refractivity contribution in [3.63, 3.8) is 0 Å². The first-order valence-electron chi connectivity index (χ1n) is 6.16. The summed E-state index contributed by atoms with van der Waals surface area (Å²) in [4.78, 5) is 0. The van der Waals surface area contributed by atoms with Gasteiger partial charge < -0.3 is 5.32 Å². The fourth-order valence-corrected chi connectivity index (χ4v) is 2.76. The van der Waals surface area contributed by atoms with Crippen molar-refractivity contribution in [3.05, 3.63) is 33.8 Å². The highest BCUT2D eigenvalue weighted by Crippen LogP contribution is 2.23. The SMILES string of the molecule is Cc1cc(Cl)c(C)c(CC2CCCCN2)c1. The van der Waals surface area contributed by atoms with Gasteiger partial charge >= 0.3 is 0 Å². The summed E-state index contributed by atoms with van der Waals surface area (Å²) >= 11 is 6.22. The first-order chi connectivity index (χ1) is 7.66. The summed E-state index contributed by atoms with van der Waals surface area (Å²) in [5.41, 5.74) is 3.92. The second-order valence-corrected chi connectivity index (χ2v) is 5.29. The minimum Gasteiger partial charge on any atom is -0.314 e. The van der Waals surface area contributed by atoms with Gasteiger partial charge in [0.1, 0.15) is 0 Å². The van der Waals surface area contributed by atoms with E-state index in [1.807, 2.05) is 0 Å². The molecule has 1 N–H and O–H groups in total. The lowest BCUT2D eigenvalue weighted by atomic mass is 9.94. The third-order valence-electron chi connectivity index (χ3n) is 3.47. The van der Waals surface area contributed by atoms with Crippen LogP contribution in [0.15, 0.2) is 12.1 Å². The van der Waals surface area contributed by atoms with E-state index in [1.165, 1.54) is 42.5 Å². The van der Waals surface area contributed by atoms with Crippen LogP contribution in [0.1, 0.15) is 36.0 Å². The van der Waals surface area contributed by atoms with Crippen LogP contribution in [0.5, 0.6) is 0 Å². The molecule has 1 atom stereocenters. The quantitative estimate of drug-likeness (QED) is 0.828. The molecule has 1 fully saturated rings. The third kappa shape index (κ3) is 2.78. The topological polar surface area (TPSA) is 12.0 Å². The van der Waals surface area contributed by atoms with Crippen LogP contribution in [0.2, 0.25) is 5.02 Å². The molecule has 1 unspecified atom stereocenters. The molecular formula is C14H20ClN. The first kappa shape index (κ1) is 11.9. The van der Waals surface area contributed by atoms with E-state index in [-0.39, 0.29) is 0 Å². The lowest BCUT2D eigenvalue weighted by Gasteiger charge is -2.24. The van der Waals surface area contributed by atoms with Crippen molar-refractivity contribution < 1.29 is 0 Å². The molecule has 1 aliphatic rings. The summed E-state index contributed by atoms with van der Waals surface area (Å²) in [6, 6.07) is 4.97. The Morgan fingerprint density at radius 2 is 2.12 bits per heavy atom. The number of aryl methyl sites for hydroxylation is 1. The van der Waals surface area contributed by atoms with Crippen LogP contribution in [-0.4, -0.2) is 12.6 Å². The Labute approximate surface area is 103 Å². The van der Waals surface area contributed by atoms with Gasteiger partial charge in [0.15, 0.2) is 0 Å². The second-order valence-electron chi connectivity index (χ2n) is 4.88. The molecule has 0 radical (unpaired) electrons. The summed E-state index contributed by atoms with van der Waals surface area (Å²) in [5, 5.41) is 4.50. The summed E-state index contributed by atoms with van der Waals surface area (Å²) < 4.78 is 0. The van der Waals surface area contributed by atoms with Gasteiger partial charge in [-0.1, -0.05) is 24.1 Å². The minimum absolute atomic E-state index is 0.644. The Hall–Kier alpha value is -0.530. The van der Waals surface area contributed by atoms with Crippen LogP contribution < -0.4 is 5.32 Å². The number of hydrogen-bond donors (Lipinski definition) is 1. The van der Waals surface area contributed by atoms with E-state index >= 15 is 0 Å². The van der Waals surface area contributed by atoms with Crippen molar-refractivity contribution in [1.29, 1.82) is 0 Å². The predicted molar refractivity (Wildman–Crippen MR) is 70.3 cm³/mol. The molecule has 0 aromatic heterocycles. The zero-order chi connectivity index (χ0) is 11.5. The molecule has 1 aromatic rings. The number of benzene rings is 1. The molecular weight excluding hydrogens is 218 g/mol. The van der Waals surface area contributed by atoms with Crippen LogP contribution in [0, 0.1) is 13.8 Å². The molecule has 1 nitrogen and oxygen atoms in total. The number of nitrogens with one attached hydrogen (secondary N) is 1. The smallest absolute Gasteiger partial charge is 0.0440 e. The zero-order valence-corrected chi connectivity index (χ0v) is 10.9. The van der Waals surface area contributed by atoms with E-state index in [4.69, 9.17) is 11.6 Å². The van der Waals surface area contributed by atoms with Gasteiger partial charge in [-0.15, -0.1) is 0 Å². The predicted octanol–water partition coefficient (Wildman–Crippen LogP) is 3.64. The van der Waals surface area contributed by atoms with E-state index in [0.29, 0.717) is 6.04 Å². The maximum atomic E-state index is 6.22. The van der Waals surface area contributed by atoms with Gasteiger partial charge in [0.05, 0.1) is 0 Å². The molecule has 16 heavy (non-hydrogen) atoms. The molecule has 0 spiro atoms. The van der Waals surface area contributed by atoms with E-state index < -0.39 is 0 Å². The minimum atomic E-state index is 0.644. The monoisotopic (exact) mass is 237 g/mol. The Balaban J connectivity index is 2.13. The molecule has 0 bridgehead atoms. The highest BCUT2D eigenvalue weighted by Gasteiger charge is 2.15. The molecule has 1 saturated heterocycles. The van der Waals surface area contributed by atoms with Crippen LogP contribution in [-0.2, 0) is 6.42 Å².